The fraction of sp³-hybridized carbons (Fsp3) is 0.500. The summed E-state index contributed by atoms with van der Waals surface area (Å²) in [5, 5.41) is 8.59. The van der Waals surface area contributed by atoms with Crippen LogP contribution in [0.5, 0.6) is 0 Å². The third kappa shape index (κ3) is 2.57. The van der Waals surface area contributed by atoms with Gasteiger partial charge in [-0.1, -0.05) is 39.0 Å². The smallest absolute Gasteiger partial charge is 0.133 e. The molecule has 0 saturated heterocycles. The summed E-state index contributed by atoms with van der Waals surface area (Å²) in [6, 6.07) is 8.60. The van der Waals surface area contributed by atoms with Crippen molar-refractivity contribution in [3.8, 4) is 5.69 Å². The van der Waals surface area contributed by atoms with Crippen molar-refractivity contribution in [2.24, 2.45) is 0 Å². The van der Waals surface area contributed by atoms with Crippen molar-refractivity contribution in [1.82, 2.24) is 9.78 Å². The van der Waals surface area contributed by atoms with E-state index in [1.165, 1.54) is 41.2 Å². The second kappa shape index (κ2) is 5.92. The van der Waals surface area contributed by atoms with Crippen LogP contribution in [0.1, 0.15) is 56.4 Å². The summed E-state index contributed by atoms with van der Waals surface area (Å²) in [6.45, 7) is 7.73. The quantitative estimate of drug-likeness (QED) is 0.910. The fourth-order valence-electron chi connectivity index (χ4n) is 3.18. The topological polar surface area (TPSA) is 29.9 Å². The Morgan fingerprint density at radius 2 is 2.05 bits per heavy atom. The number of para-hydroxylation sites is 1. The number of hydrogen-bond acceptors (Lipinski definition) is 2. The van der Waals surface area contributed by atoms with Crippen LogP contribution in [-0.4, -0.2) is 16.3 Å². The molecule has 0 atom stereocenters. The molecule has 1 aromatic heterocycles. The molecule has 0 radical (unpaired) electrons. The molecule has 112 valence electrons. The van der Waals surface area contributed by atoms with Gasteiger partial charge in [-0.15, -0.1) is 0 Å². The SMILES string of the molecule is CCc1ccccc1-n1nc(C(C)C)c2c1NCCCC2. The first-order chi connectivity index (χ1) is 10.2. The van der Waals surface area contributed by atoms with Gasteiger partial charge in [-0.05, 0) is 43.2 Å². The minimum atomic E-state index is 0.466. The lowest BCUT2D eigenvalue weighted by molar-refractivity contribution is 0.729. The maximum absolute atomic E-state index is 4.97. The monoisotopic (exact) mass is 283 g/mol. The van der Waals surface area contributed by atoms with Gasteiger partial charge in [0.1, 0.15) is 5.82 Å². The molecule has 3 heteroatoms. The van der Waals surface area contributed by atoms with E-state index >= 15 is 0 Å². The average molecular weight is 283 g/mol. The molecule has 0 spiro atoms. The summed E-state index contributed by atoms with van der Waals surface area (Å²) in [7, 11) is 0. The predicted octanol–water partition coefficient (Wildman–Crippen LogP) is 4.31. The van der Waals surface area contributed by atoms with Gasteiger partial charge < -0.3 is 5.32 Å². The van der Waals surface area contributed by atoms with E-state index in [1.54, 1.807) is 0 Å². The van der Waals surface area contributed by atoms with E-state index in [4.69, 9.17) is 5.10 Å². The molecular weight excluding hydrogens is 258 g/mol. The highest BCUT2D eigenvalue weighted by atomic mass is 15.3. The van der Waals surface area contributed by atoms with Crippen LogP contribution in [0.2, 0.25) is 0 Å². The van der Waals surface area contributed by atoms with Crippen molar-refractivity contribution in [3.05, 3.63) is 41.1 Å². The second-order valence-corrected chi connectivity index (χ2v) is 6.15. The first kappa shape index (κ1) is 14.2. The molecule has 0 saturated carbocycles. The van der Waals surface area contributed by atoms with Gasteiger partial charge in [0, 0.05) is 12.1 Å². The summed E-state index contributed by atoms with van der Waals surface area (Å²) in [5.41, 5.74) is 5.25. The second-order valence-electron chi connectivity index (χ2n) is 6.15. The van der Waals surface area contributed by atoms with E-state index in [9.17, 15) is 0 Å². The van der Waals surface area contributed by atoms with Crippen LogP contribution in [0.3, 0.4) is 0 Å². The summed E-state index contributed by atoms with van der Waals surface area (Å²) >= 11 is 0. The van der Waals surface area contributed by atoms with Gasteiger partial charge in [0.15, 0.2) is 0 Å². The zero-order chi connectivity index (χ0) is 14.8. The molecule has 3 nitrogen and oxygen atoms in total. The van der Waals surface area contributed by atoms with E-state index in [2.05, 4.69) is 55.0 Å². The molecule has 2 heterocycles. The normalized spacial score (nSPS) is 14.7. The third-order valence-corrected chi connectivity index (χ3v) is 4.31. The zero-order valence-corrected chi connectivity index (χ0v) is 13.3. The summed E-state index contributed by atoms with van der Waals surface area (Å²) in [4.78, 5) is 0. The Labute approximate surface area is 127 Å². The fourth-order valence-corrected chi connectivity index (χ4v) is 3.18. The Bertz CT molecular complexity index is 625. The lowest BCUT2D eigenvalue weighted by atomic mass is 10.0. The molecule has 1 aromatic carbocycles. The predicted molar refractivity (Wildman–Crippen MR) is 88.5 cm³/mol. The molecule has 1 aliphatic rings. The van der Waals surface area contributed by atoms with Gasteiger partial charge >= 0.3 is 0 Å². The van der Waals surface area contributed by atoms with E-state index in [-0.39, 0.29) is 0 Å². The van der Waals surface area contributed by atoms with E-state index in [0.29, 0.717) is 5.92 Å². The van der Waals surface area contributed by atoms with Crippen LogP contribution in [0.15, 0.2) is 24.3 Å². The Morgan fingerprint density at radius 3 is 2.81 bits per heavy atom. The molecule has 2 aromatic rings. The lowest BCUT2D eigenvalue weighted by Gasteiger charge is -2.12. The Morgan fingerprint density at radius 1 is 1.24 bits per heavy atom. The van der Waals surface area contributed by atoms with E-state index in [1.807, 2.05) is 0 Å². The lowest BCUT2D eigenvalue weighted by Crippen LogP contribution is -2.08. The van der Waals surface area contributed by atoms with E-state index in [0.717, 1.165) is 19.4 Å². The van der Waals surface area contributed by atoms with Crippen molar-refractivity contribution in [3.63, 3.8) is 0 Å². The van der Waals surface area contributed by atoms with Crippen molar-refractivity contribution in [2.45, 2.75) is 52.4 Å². The van der Waals surface area contributed by atoms with Crippen molar-refractivity contribution in [1.29, 1.82) is 0 Å². The third-order valence-electron chi connectivity index (χ3n) is 4.31. The first-order valence-corrected chi connectivity index (χ1v) is 8.16. The summed E-state index contributed by atoms with van der Waals surface area (Å²) < 4.78 is 2.15. The molecule has 1 N–H and O–H groups in total. The van der Waals surface area contributed by atoms with Gasteiger partial charge in [-0.2, -0.15) is 5.10 Å². The maximum atomic E-state index is 4.97. The van der Waals surface area contributed by atoms with Crippen molar-refractivity contribution in [2.75, 3.05) is 11.9 Å². The number of nitrogens with one attached hydrogen (secondary N) is 1. The van der Waals surface area contributed by atoms with Crippen LogP contribution in [0, 0.1) is 0 Å². The number of aromatic nitrogens is 2. The number of hydrogen-bond donors (Lipinski definition) is 1. The van der Waals surface area contributed by atoms with Crippen LogP contribution in [0.4, 0.5) is 5.82 Å². The highest BCUT2D eigenvalue weighted by Gasteiger charge is 2.22. The molecule has 0 fully saturated rings. The molecule has 21 heavy (non-hydrogen) atoms. The number of fused-ring (bicyclic) bond motifs is 1. The van der Waals surface area contributed by atoms with Gasteiger partial charge in [-0.25, -0.2) is 4.68 Å². The van der Waals surface area contributed by atoms with Crippen LogP contribution in [0.25, 0.3) is 5.69 Å². The first-order valence-electron chi connectivity index (χ1n) is 8.16. The van der Waals surface area contributed by atoms with Gasteiger partial charge in [0.25, 0.3) is 0 Å². The summed E-state index contributed by atoms with van der Waals surface area (Å²) in [6.07, 6.45) is 4.66. The largest absolute Gasteiger partial charge is 0.370 e. The van der Waals surface area contributed by atoms with Gasteiger partial charge in [0.2, 0.25) is 0 Å². The van der Waals surface area contributed by atoms with Crippen LogP contribution in [-0.2, 0) is 12.8 Å². The minimum Gasteiger partial charge on any atom is -0.370 e. The molecule has 3 rings (SSSR count). The molecular formula is C18H25N3. The van der Waals surface area contributed by atoms with Gasteiger partial charge in [-0.3, -0.25) is 0 Å². The highest BCUT2D eigenvalue weighted by Crippen LogP contribution is 2.32. The molecule has 0 aliphatic carbocycles. The Kier molecular flexibility index (Phi) is 4.00. The van der Waals surface area contributed by atoms with Crippen LogP contribution >= 0.6 is 0 Å². The number of benzene rings is 1. The number of rotatable bonds is 3. The molecule has 0 unspecified atom stereocenters. The Hall–Kier alpha value is -1.77. The molecule has 0 amide bonds. The minimum absolute atomic E-state index is 0.466. The maximum Gasteiger partial charge on any atom is 0.133 e. The Balaban J connectivity index is 2.18. The van der Waals surface area contributed by atoms with Gasteiger partial charge in [0.05, 0.1) is 11.4 Å². The van der Waals surface area contributed by atoms with E-state index < -0.39 is 0 Å². The zero-order valence-electron chi connectivity index (χ0n) is 13.3. The van der Waals surface area contributed by atoms with Crippen LogP contribution < -0.4 is 5.32 Å². The summed E-state index contributed by atoms with van der Waals surface area (Å²) in [5.74, 6) is 1.69. The molecule has 1 aliphatic heterocycles. The number of anilines is 1. The number of nitrogens with zero attached hydrogens (tertiary/aromatic N) is 2. The molecule has 0 bridgehead atoms. The average Bonchev–Trinajstić information content (AvgIpc) is 2.69. The van der Waals surface area contributed by atoms with Crippen molar-refractivity contribution >= 4 is 5.82 Å². The number of aryl methyl sites for hydroxylation is 1. The van der Waals surface area contributed by atoms with Crippen molar-refractivity contribution < 1.29 is 0 Å². The highest BCUT2D eigenvalue weighted by molar-refractivity contribution is 5.56. The standard InChI is InChI=1S/C18H25N3/c1-4-14-9-5-6-11-16(14)21-18-15(10-7-8-12-19-18)17(20-21)13(2)3/h5-6,9,11,13,19H,4,7-8,10,12H2,1-3H3.